The molecule has 1 aliphatic heterocycles. The zero-order chi connectivity index (χ0) is 22.8. The summed E-state index contributed by atoms with van der Waals surface area (Å²) in [5.41, 5.74) is 0.774. The molecule has 0 bridgehead atoms. The first-order valence-corrected chi connectivity index (χ1v) is 11.4. The highest BCUT2D eigenvalue weighted by molar-refractivity contribution is 5.92. The first kappa shape index (κ1) is 21.5. The summed E-state index contributed by atoms with van der Waals surface area (Å²) in [6, 6.07) is 13.8. The number of nitrogens with zero attached hydrogens (tertiary/aromatic N) is 3. The molecule has 5 rings (SSSR count). The van der Waals surface area contributed by atoms with E-state index in [2.05, 4.69) is 32.7 Å². The highest BCUT2D eigenvalue weighted by Gasteiger charge is 2.57. The minimum absolute atomic E-state index is 0.0547. The second-order valence-corrected chi connectivity index (χ2v) is 9.20. The Morgan fingerprint density at radius 3 is 2.79 bits per heavy atom. The van der Waals surface area contributed by atoms with Crippen LogP contribution in [-0.2, 0) is 17.9 Å². The van der Waals surface area contributed by atoms with Crippen LogP contribution in [0.5, 0.6) is 0 Å². The summed E-state index contributed by atoms with van der Waals surface area (Å²) in [6.07, 6.45) is 6.68. The van der Waals surface area contributed by atoms with Crippen molar-refractivity contribution >= 4 is 11.8 Å². The minimum atomic E-state index is -0.475. The third-order valence-electron chi connectivity index (χ3n) is 6.99. The quantitative estimate of drug-likeness (QED) is 0.580. The molecule has 0 unspecified atom stereocenters. The number of hydrogen-bond donors (Lipinski definition) is 2. The van der Waals surface area contributed by atoms with Crippen LogP contribution < -0.4 is 10.6 Å². The van der Waals surface area contributed by atoms with Gasteiger partial charge in [0.25, 0.3) is 5.91 Å². The maximum Gasteiger partial charge on any atom is 0.287 e. The van der Waals surface area contributed by atoms with E-state index in [1.165, 1.54) is 5.56 Å². The number of likely N-dealkylation sites (tertiary alicyclic amines) is 1. The SMILES string of the molecule is CNC(=O)[C@]12C[C@@H](NC(=O)c3ccc(Cn4ccnc4)o3)C[C@H]1CN(Cc1ccccc1)C2. The van der Waals surface area contributed by atoms with Crippen molar-refractivity contribution in [2.45, 2.75) is 32.0 Å². The van der Waals surface area contributed by atoms with Gasteiger partial charge in [-0.3, -0.25) is 14.5 Å². The zero-order valence-electron chi connectivity index (χ0n) is 18.7. The average molecular weight is 448 g/mol. The fourth-order valence-corrected chi connectivity index (χ4v) is 5.55. The molecule has 1 saturated heterocycles. The standard InChI is InChI=1S/C25H29N5O3/c1-26-24(32)25-12-20(11-19(25)14-30(16-25)13-18-5-3-2-4-6-18)28-23(31)22-8-7-21(33-22)15-29-10-9-27-17-29/h2-10,17,19-20H,11-16H2,1H3,(H,26,32)(H,28,31)/t19-,20-,25-/m0/s1. The van der Waals surface area contributed by atoms with Crippen LogP contribution in [0.15, 0.2) is 65.6 Å². The second kappa shape index (κ2) is 8.86. The summed E-state index contributed by atoms with van der Waals surface area (Å²) < 4.78 is 7.63. The molecular formula is C25H29N5O3. The van der Waals surface area contributed by atoms with Crippen molar-refractivity contribution in [3.8, 4) is 0 Å². The van der Waals surface area contributed by atoms with Gasteiger partial charge in [0.05, 0.1) is 18.3 Å². The van der Waals surface area contributed by atoms with Crippen molar-refractivity contribution in [2.75, 3.05) is 20.1 Å². The van der Waals surface area contributed by atoms with Crippen LogP contribution in [0.2, 0.25) is 0 Å². The van der Waals surface area contributed by atoms with E-state index in [4.69, 9.17) is 4.42 Å². The molecule has 0 spiro atoms. The predicted molar refractivity (Wildman–Crippen MR) is 122 cm³/mol. The normalized spacial score (nSPS) is 24.5. The lowest BCUT2D eigenvalue weighted by Gasteiger charge is -2.27. The molecule has 3 atom stereocenters. The van der Waals surface area contributed by atoms with Crippen molar-refractivity contribution in [2.24, 2.45) is 11.3 Å². The number of carbonyl (C=O) groups is 2. The molecule has 3 aromatic rings. The molecule has 3 heterocycles. The van der Waals surface area contributed by atoms with Crippen LogP contribution in [0.1, 0.15) is 34.7 Å². The lowest BCUT2D eigenvalue weighted by Crippen LogP contribution is -2.44. The third kappa shape index (κ3) is 4.30. The van der Waals surface area contributed by atoms with E-state index < -0.39 is 5.41 Å². The van der Waals surface area contributed by atoms with Crippen molar-refractivity contribution in [3.63, 3.8) is 0 Å². The Bertz CT molecular complexity index is 1110. The topological polar surface area (TPSA) is 92.4 Å². The van der Waals surface area contributed by atoms with Gasteiger partial charge in [-0.15, -0.1) is 0 Å². The molecule has 1 aromatic carbocycles. The summed E-state index contributed by atoms with van der Waals surface area (Å²) >= 11 is 0. The number of furan rings is 1. The summed E-state index contributed by atoms with van der Waals surface area (Å²) in [4.78, 5) is 32.2. The van der Waals surface area contributed by atoms with Gasteiger partial charge in [0.15, 0.2) is 5.76 Å². The van der Waals surface area contributed by atoms with Crippen molar-refractivity contribution < 1.29 is 14.0 Å². The molecule has 8 heteroatoms. The van der Waals surface area contributed by atoms with Gasteiger partial charge in [-0.1, -0.05) is 30.3 Å². The summed E-state index contributed by atoms with van der Waals surface area (Å²) in [5, 5.41) is 5.99. The van der Waals surface area contributed by atoms with Gasteiger partial charge in [0, 0.05) is 45.1 Å². The predicted octanol–water partition coefficient (Wildman–Crippen LogP) is 2.28. The Hall–Kier alpha value is -3.39. The van der Waals surface area contributed by atoms with Crippen molar-refractivity contribution in [1.29, 1.82) is 0 Å². The Balaban J connectivity index is 1.23. The Kier molecular flexibility index (Phi) is 5.76. The van der Waals surface area contributed by atoms with E-state index in [1.807, 2.05) is 35.0 Å². The zero-order valence-corrected chi connectivity index (χ0v) is 18.7. The Labute approximate surface area is 193 Å². The molecule has 2 aliphatic rings. The fraction of sp³-hybridized carbons (Fsp3) is 0.400. The summed E-state index contributed by atoms with van der Waals surface area (Å²) in [5.74, 6) is 1.03. The van der Waals surface area contributed by atoms with E-state index in [0.29, 0.717) is 31.0 Å². The van der Waals surface area contributed by atoms with Crippen LogP contribution in [0.4, 0.5) is 0 Å². The van der Waals surface area contributed by atoms with E-state index in [0.717, 1.165) is 19.5 Å². The highest BCUT2D eigenvalue weighted by atomic mass is 16.4. The summed E-state index contributed by atoms with van der Waals surface area (Å²) in [6.45, 7) is 2.91. The van der Waals surface area contributed by atoms with Gasteiger partial charge in [0.2, 0.25) is 5.91 Å². The van der Waals surface area contributed by atoms with Crippen molar-refractivity contribution in [3.05, 3.63) is 78.3 Å². The van der Waals surface area contributed by atoms with Gasteiger partial charge < -0.3 is 19.6 Å². The lowest BCUT2D eigenvalue weighted by atomic mass is 9.80. The number of hydrogen-bond acceptors (Lipinski definition) is 5. The highest BCUT2D eigenvalue weighted by Crippen LogP contribution is 2.49. The van der Waals surface area contributed by atoms with E-state index in [1.54, 1.807) is 25.6 Å². The Morgan fingerprint density at radius 2 is 2.03 bits per heavy atom. The monoisotopic (exact) mass is 447 g/mol. The molecule has 2 aromatic heterocycles. The fourth-order valence-electron chi connectivity index (χ4n) is 5.55. The first-order valence-electron chi connectivity index (χ1n) is 11.4. The lowest BCUT2D eigenvalue weighted by molar-refractivity contribution is -0.131. The molecule has 33 heavy (non-hydrogen) atoms. The van der Waals surface area contributed by atoms with Crippen LogP contribution in [0, 0.1) is 11.3 Å². The molecule has 1 saturated carbocycles. The Morgan fingerprint density at radius 1 is 1.18 bits per heavy atom. The van der Waals surface area contributed by atoms with E-state index in [-0.39, 0.29) is 23.8 Å². The molecule has 8 nitrogen and oxygen atoms in total. The number of amides is 2. The number of rotatable bonds is 7. The van der Waals surface area contributed by atoms with Gasteiger partial charge in [-0.25, -0.2) is 4.98 Å². The molecule has 2 N–H and O–H groups in total. The molecule has 0 radical (unpaired) electrons. The second-order valence-electron chi connectivity index (χ2n) is 9.20. The number of aromatic nitrogens is 2. The van der Waals surface area contributed by atoms with Gasteiger partial charge in [0.1, 0.15) is 5.76 Å². The molecule has 172 valence electrons. The number of carbonyl (C=O) groups excluding carboxylic acids is 2. The van der Waals surface area contributed by atoms with Gasteiger partial charge in [-0.05, 0) is 36.5 Å². The van der Waals surface area contributed by atoms with Crippen molar-refractivity contribution in [1.82, 2.24) is 25.1 Å². The van der Waals surface area contributed by atoms with Crippen LogP contribution >= 0.6 is 0 Å². The summed E-state index contributed by atoms with van der Waals surface area (Å²) in [7, 11) is 1.70. The number of nitrogens with one attached hydrogen (secondary N) is 2. The smallest absolute Gasteiger partial charge is 0.287 e. The first-order chi connectivity index (χ1) is 16.1. The molecular weight excluding hydrogens is 418 g/mol. The third-order valence-corrected chi connectivity index (χ3v) is 6.99. The number of fused-ring (bicyclic) bond motifs is 1. The number of imidazole rings is 1. The minimum Gasteiger partial charge on any atom is -0.454 e. The van der Waals surface area contributed by atoms with Crippen LogP contribution in [0.3, 0.4) is 0 Å². The average Bonchev–Trinajstić information content (AvgIpc) is 3.59. The van der Waals surface area contributed by atoms with Gasteiger partial charge >= 0.3 is 0 Å². The number of benzene rings is 1. The maximum absolute atomic E-state index is 13.0. The van der Waals surface area contributed by atoms with Crippen LogP contribution in [0.25, 0.3) is 0 Å². The molecule has 2 amide bonds. The van der Waals surface area contributed by atoms with E-state index in [9.17, 15) is 9.59 Å². The largest absolute Gasteiger partial charge is 0.454 e. The maximum atomic E-state index is 13.0. The van der Waals surface area contributed by atoms with Crippen LogP contribution in [-0.4, -0.2) is 52.4 Å². The molecule has 1 aliphatic carbocycles. The van der Waals surface area contributed by atoms with E-state index >= 15 is 0 Å². The van der Waals surface area contributed by atoms with Gasteiger partial charge in [-0.2, -0.15) is 0 Å². The molecule has 2 fully saturated rings.